The van der Waals surface area contributed by atoms with Gasteiger partial charge < -0.3 is 14.8 Å². The highest BCUT2D eigenvalue weighted by atomic mass is 16.1. The van der Waals surface area contributed by atoms with Gasteiger partial charge >= 0.3 is 0 Å². The Labute approximate surface area is 166 Å². The Balaban J connectivity index is 1.51. The maximum absolute atomic E-state index is 12.9. The van der Waals surface area contributed by atoms with Gasteiger partial charge in [0, 0.05) is 42.0 Å². The molecule has 1 aliphatic heterocycles. The minimum Gasteiger partial charge on any atom is -0.371 e. The number of aryl methyl sites for hydroxylation is 1. The maximum atomic E-state index is 12.9. The standard InChI is InChI=1S/C23H26N4O/c1-16-11-13-26(15-16)20-9-7-19(8-10-20)25-23(28)21-14-17(2)27(18(21)3)22-6-4-5-12-24-22/h4-10,12,14,16H,11,13,15H2,1-3H3,(H,25,28). The molecule has 1 aromatic carbocycles. The van der Waals surface area contributed by atoms with Gasteiger partial charge in [0.2, 0.25) is 0 Å². The first-order valence-electron chi connectivity index (χ1n) is 9.79. The van der Waals surface area contributed by atoms with Crippen LogP contribution < -0.4 is 10.2 Å². The molecule has 0 saturated carbocycles. The second-order valence-electron chi connectivity index (χ2n) is 7.65. The summed E-state index contributed by atoms with van der Waals surface area (Å²) in [6.45, 7) is 8.44. The Bertz CT molecular complexity index is 976. The second-order valence-corrected chi connectivity index (χ2v) is 7.65. The van der Waals surface area contributed by atoms with E-state index in [4.69, 9.17) is 0 Å². The molecule has 0 bridgehead atoms. The zero-order valence-electron chi connectivity index (χ0n) is 16.6. The molecule has 1 aliphatic rings. The number of hydrogen-bond acceptors (Lipinski definition) is 3. The van der Waals surface area contributed by atoms with E-state index in [1.54, 1.807) is 6.20 Å². The van der Waals surface area contributed by atoms with Gasteiger partial charge in [-0.2, -0.15) is 0 Å². The van der Waals surface area contributed by atoms with Crippen molar-refractivity contribution in [3.05, 3.63) is 71.7 Å². The highest BCUT2D eigenvalue weighted by molar-refractivity contribution is 6.05. The van der Waals surface area contributed by atoms with E-state index in [1.165, 1.54) is 12.1 Å². The van der Waals surface area contributed by atoms with Crippen LogP contribution >= 0.6 is 0 Å². The topological polar surface area (TPSA) is 50.2 Å². The zero-order valence-corrected chi connectivity index (χ0v) is 16.6. The molecule has 3 aromatic rings. The van der Waals surface area contributed by atoms with Gasteiger partial charge in [-0.25, -0.2) is 4.98 Å². The van der Waals surface area contributed by atoms with E-state index in [2.05, 4.69) is 34.3 Å². The molecule has 1 N–H and O–H groups in total. The maximum Gasteiger partial charge on any atom is 0.257 e. The molecule has 0 radical (unpaired) electrons. The fraction of sp³-hybridized carbons (Fsp3) is 0.304. The molecule has 0 spiro atoms. The van der Waals surface area contributed by atoms with Crippen LogP contribution in [-0.2, 0) is 0 Å². The van der Waals surface area contributed by atoms with Crippen LogP contribution in [0.25, 0.3) is 5.82 Å². The smallest absolute Gasteiger partial charge is 0.257 e. The first-order chi connectivity index (χ1) is 13.5. The SMILES string of the molecule is Cc1cc(C(=O)Nc2ccc(N3CCC(C)C3)cc2)c(C)n1-c1ccccn1. The Morgan fingerprint density at radius 1 is 1.14 bits per heavy atom. The third kappa shape index (κ3) is 3.52. The number of nitrogens with one attached hydrogen (secondary N) is 1. The highest BCUT2D eigenvalue weighted by Crippen LogP contribution is 2.25. The predicted octanol–water partition coefficient (Wildman–Crippen LogP) is 4.59. The normalized spacial score (nSPS) is 16.4. The number of carbonyl (C=O) groups excluding carboxylic acids is 1. The van der Waals surface area contributed by atoms with E-state index >= 15 is 0 Å². The van der Waals surface area contributed by atoms with Gasteiger partial charge in [-0.15, -0.1) is 0 Å². The van der Waals surface area contributed by atoms with Crippen molar-refractivity contribution < 1.29 is 4.79 Å². The number of hydrogen-bond donors (Lipinski definition) is 1. The molecule has 144 valence electrons. The number of anilines is 2. The average Bonchev–Trinajstić information content (AvgIpc) is 3.26. The molecule has 2 aromatic heterocycles. The molecule has 0 aliphatic carbocycles. The van der Waals surface area contributed by atoms with Gasteiger partial charge in [0.25, 0.3) is 5.91 Å². The number of rotatable bonds is 4. The summed E-state index contributed by atoms with van der Waals surface area (Å²) in [6, 6.07) is 15.8. The number of benzene rings is 1. The van der Waals surface area contributed by atoms with Crippen LogP contribution in [0.4, 0.5) is 11.4 Å². The lowest BCUT2D eigenvalue weighted by atomic mass is 10.2. The number of carbonyl (C=O) groups is 1. The summed E-state index contributed by atoms with van der Waals surface area (Å²) in [5, 5.41) is 3.03. The zero-order chi connectivity index (χ0) is 19.7. The van der Waals surface area contributed by atoms with Crippen molar-refractivity contribution in [2.45, 2.75) is 27.2 Å². The number of amides is 1. The summed E-state index contributed by atoms with van der Waals surface area (Å²) in [4.78, 5) is 19.7. The van der Waals surface area contributed by atoms with Crippen LogP contribution in [-0.4, -0.2) is 28.5 Å². The van der Waals surface area contributed by atoms with Crippen LogP contribution in [0.5, 0.6) is 0 Å². The van der Waals surface area contributed by atoms with E-state index in [0.717, 1.165) is 41.9 Å². The third-order valence-electron chi connectivity index (χ3n) is 5.47. The minimum absolute atomic E-state index is 0.0992. The summed E-state index contributed by atoms with van der Waals surface area (Å²) in [5.41, 5.74) is 4.57. The van der Waals surface area contributed by atoms with Crippen LogP contribution in [0.2, 0.25) is 0 Å². The number of pyridine rings is 1. The van der Waals surface area contributed by atoms with Gasteiger partial charge in [-0.05, 0) is 68.7 Å². The fourth-order valence-electron chi connectivity index (χ4n) is 3.95. The average molecular weight is 374 g/mol. The quantitative estimate of drug-likeness (QED) is 0.727. The molecule has 1 saturated heterocycles. The minimum atomic E-state index is -0.0992. The molecule has 28 heavy (non-hydrogen) atoms. The lowest BCUT2D eigenvalue weighted by Crippen LogP contribution is -2.19. The van der Waals surface area contributed by atoms with Gasteiger partial charge in [0.1, 0.15) is 5.82 Å². The van der Waals surface area contributed by atoms with Crippen molar-refractivity contribution in [3.8, 4) is 5.82 Å². The Hall–Kier alpha value is -3.08. The first-order valence-corrected chi connectivity index (χ1v) is 9.79. The molecule has 1 atom stereocenters. The summed E-state index contributed by atoms with van der Waals surface area (Å²) in [6.07, 6.45) is 3.00. The molecule has 1 amide bonds. The highest BCUT2D eigenvalue weighted by Gasteiger charge is 2.20. The number of aromatic nitrogens is 2. The van der Waals surface area contributed by atoms with E-state index in [9.17, 15) is 4.79 Å². The van der Waals surface area contributed by atoms with Gasteiger partial charge in [-0.3, -0.25) is 4.79 Å². The summed E-state index contributed by atoms with van der Waals surface area (Å²) in [5.74, 6) is 1.47. The Kier molecular flexibility index (Phi) is 4.90. The molecule has 1 unspecified atom stereocenters. The Morgan fingerprint density at radius 2 is 1.93 bits per heavy atom. The van der Waals surface area contributed by atoms with Crippen molar-refractivity contribution in [1.29, 1.82) is 0 Å². The fourth-order valence-corrected chi connectivity index (χ4v) is 3.95. The van der Waals surface area contributed by atoms with E-state index in [-0.39, 0.29) is 5.91 Å². The van der Waals surface area contributed by atoms with Crippen molar-refractivity contribution in [1.82, 2.24) is 9.55 Å². The summed E-state index contributed by atoms with van der Waals surface area (Å²) >= 11 is 0. The van der Waals surface area contributed by atoms with Gasteiger partial charge in [-0.1, -0.05) is 13.0 Å². The lowest BCUT2D eigenvalue weighted by Gasteiger charge is -2.18. The van der Waals surface area contributed by atoms with Gasteiger partial charge in [0.05, 0.1) is 5.56 Å². The molecule has 5 heteroatoms. The molecule has 1 fully saturated rings. The van der Waals surface area contributed by atoms with Crippen LogP contribution in [0.3, 0.4) is 0 Å². The van der Waals surface area contributed by atoms with Gasteiger partial charge in [0.15, 0.2) is 0 Å². The van der Waals surface area contributed by atoms with Crippen LogP contribution in [0.15, 0.2) is 54.7 Å². The first kappa shape index (κ1) is 18.3. The summed E-state index contributed by atoms with van der Waals surface area (Å²) < 4.78 is 2.01. The van der Waals surface area contributed by atoms with E-state index in [1.807, 2.05) is 54.8 Å². The predicted molar refractivity (Wildman–Crippen MR) is 113 cm³/mol. The molecule has 5 nitrogen and oxygen atoms in total. The van der Waals surface area contributed by atoms with Crippen molar-refractivity contribution in [2.24, 2.45) is 5.92 Å². The van der Waals surface area contributed by atoms with Crippen LogP contribution in [0.1, 0.15) is 35.1 Å². The lowest BCUT2D eigenvalue weighted by molar-refractivity contribution is 0.102. The third-order valence-corrected chi connectivity index (χ3v) is 5.47. The molecule has 4 rings (SSSR count). The molecular weight excluding hydrogens is 348 g/mol. The van der Waals surface area contributed by atoms with Crippen molar-refractivity contribution in [2.75, 3.05) is 23.3 Å². The largest absolute Gasteiger partial charge is 0.371 e. The van der Waals surface area contributed by atoms with E-state index in [0.29, 0.717) is 5.56 Å². The van der Waals surface area contributed by atoms with E-state index < -0.39 is 0 Å². The Morgan fingerprint density at radius 3 is 2.57 bits per heavy atom. The molecular formula is C23H26N4O. The van der Waals surface area contributed by atoms with Crippen LogP contribution in [0, 0.1) is 19.8 Å². The molecule has 3 heterocycles. The number of nitrogens with zero attached hydrogens (tertiary/aromatic N) is 3. The van der Waals surface area contributed by atoms with Crippen molar-refractivity contribution in [3.63, 3.8) is 0 Å². The summed E-state index contributed by atoms with van der Waals surface area (Å²) in [7, 11) is 0. The second kappa shape index (κ2) is 7.50. The monoisotopic (exact) mass is 374 g/mol. The van der Waals surface area contributed by atoms with Crippen molar-refractivity contribution >= 4 is 17.3 Å².